The molecule has 0 rings (SSSR count). The maximum atomic E-state index is 10.1. The largest absolute Gasteiger partial charge is 0.398 e. The molecule has 66 valence electrons. The minimum absolute atomic E-state index is 0.00620. The smallest absolute Gasteiger partial charge is 0.263 e. The highest BCUT2D eigenvalue weighted by Gasteiger charge is 2.15. The molecule has 0 radical (unpaired) electrons. The molecule has 0 aromatic heterocycles. The third-order valence-electron chi connectivity index (χ3n) is 0.900. The van der Waals surface area contributed by atoms with Crippen LogP contribution >= 0.6 is 0 Å². The van der Waals surface area contributed by atoms with Gasteiger partial charge in [-0.2, -0.15) is 18.9 Å². The van der Waals surface area contributed by atoms with Crippen LogP contribution in [0.3, 0.4) is 0 Å². The molecule has 0 fully saturated rings. The van der Waals surface area contributed by atoms with E-state index in [1.54, 1.807) is 6.07 Å². The predicted octanol–water partition coefficient (Wildman–Crippen LogP) is 0.00176. The Balaban J connectivity index is 4.06. The average Bonchev–Trinajstić information content (AvgIpc) is 1.95. The Morgan fingerprint density at radius 3 is 2.42 bits per heavy atom. The van der Waals surface area contributed by atoms with E-state index in [9.17, 15) is 8.42 Å². The van der Waals surface area contributed by atoms with Crippen LogP contribution in [0.1, 0.15) is 12.8 Å². The van der Waals surface area contributed by atoms with Crippen molar-refractivity contribution in [1.29, 1.82) is 10.5 Å². The topological polar surface area (TPSA) is 111 Å². The van der Waals surface area contributed by atoms with Crippen LogP contribution < -0.4 is 0 Å². The van der Waals surface area contributed by atoms with Gasteiger partial charge in [0.15, 0.2) is 6.10 Å². The van der Waals surface area contributed by atoms with Gasteiger partial charge in [0, 0.05) is 12.8 Å². The van der Waals surface area contributed by atoms with E-state index in [0.29, 0.717) is 0 Å². The molecule has 0 spiro atoms. The molecule has 6 nitrogen and oxygen atoms in total. The van der Waals surface area contributed by atoms with Crippen LogP contribution in [0.15, 0.2) is 0 Å². The first kappa shape index (κ1) is 10.8. The fourth-order valence-corrected chi connectivity index (χ4v) is 0.909. The molecule has 0 saturated carbocycles. The zero-order valence-corrected chi connectivity index (χ0v) is 6.78. The van der Waals surface area contributed by atoms with Gasteiger partial charge in [0.1, 0.15) is 0 Å². The Morgan fingerprint density at radius 1 is 1.50 bits per heavy atom. The van der Waals surface area contributed by atoms with Gasteiger partial charge >= 0.3 is 10.4 Å². The van der Waals surface area contributed by atoms with E-state index in [-0.39, 0.29) is 12.8 Å². The quantitative estimate of drug-likeness (QED) is 0.624. The molecule has 0 aliphatic carbocycles. The van der Waals surface area contributed by atoms with Crippen molar-refractivity contribution in [3.63, 3.8) is 0 Å². The summed E-state index contributed by atoms with van der Waals surface area (Å²) in [6.07, 6.45) is -1.35. The van der Waals surface area contributed by atoms with Crippen LogP contribution in [0.5, 0.6) is 0 Å². The van der Waals surface area contributed by atoms with Crippen molar-refractivity contribution in [3.05, 3.63) is 0 Å². The molecule has 0 amide bonds. The molecule has 0 aromatic carbocycles. The first-order valence-electron chi connectivity index (χ1n) is 2.92. The average molecular weight is 190 g/mol. The minimum Gasteiger partial charge on any atom is -0.263 e. The number of rotatable bonds is 4. The van der Waals surface area contributed by atoms with E-state index < -0.39 is 16.5 Å². The third-order valence-corrected chi connectivity index (χ3v) is 1.38. The van der Waals surface area contributed by atoms with Gasteiger partial charge in [-0.25, -0.2) is 4.18 Å². The van der Waals surface area contributed by atoms with Crippen LogP contribution in [0.25, 0.3) is 0 Å². The van der Waals surface area contributed by atoms with E-state index in [2.05, 4.69) is 4.18 Å². The lowest BCUT2D eigenvalue weighted by atomic mass is 10.2. The standard InChI is InChI=1S/C5H6N2O4S/c6-3-1-2-5(4-7)11-12(8,9)10/h5H,1-2H2,(H,8,9,10). The SMILES string of the molecule is N#CCCC(C#N)OS(=O)(=O)O. The second kappa shape index (κ2) is 4.67. The molecule has 0 aliphatic rings. The molecular weight excluding hydrogens is 184 g/mol. The van der Waals surface area contributed by atoms with Crippen LogP contribution in [0.2, 0.25) is 0 Å². The molecule has 0 saturated heterocycles. The first-order chi connectivity index (χ1) is 5.49. The fraction of sp³-hybridized carbons (Fsp3) is 0.600. The molecule has 0 bridgehead atoms. The minimum atomic E-state index is -4.60. The predicted molar refractivity (Wildman–Crippen MR) is 36.9 cm³/mol. The van der Waals surface area contributed by atoms with Gasteiger partial charge in [0.25, 0.3) is 0 Å². The van der Waals surface area contributed by atoms with Gasteiger partial charge in [-0.1, -0.05) is 0 Å². The highest BCUT2D eigenvalue weighted by atomic mass is 32.3. The van der Waals surface area contributed by atoms with Crippen molar-refractivity contribution in [2.45, 2.75) is 18.9 Å². The molecule has 7 heteroatoms. The summed E-state index contributed by atoms with van der Waals surface area (Å²) in [5, 5.41) is 16.3. The van der Waals surface area contributed by atoms with Crippen molar-refractivity contribution in [3.8, 4) is 12.1 Å². The number of nitrogens with zero attached hydrogens (tertiary/aromatic N) is 2. The van der Waals surface area contributed by atoms with E-state index in [1.165, 1.54) is 6.07 Å². The summed E-state index contributed by atoms with van der Waals surface area (Å²) in [5.74, 6) is 0. The van der Waals surface area contributed by atoms with Gasteiger partial charge in [0.05, 0.1) is 12.1 Å². The molecule has 0 heterocycles. The van der Waals surface area contributed by atoms with E-state index >= 15 is 0 Å². The number of nitriles is 2. The van der Waals surface area contributed by atoms with Crippen molar-refractivity contribution < 1.29 is 17.2 Å². The second-order valence-electron chi connectivity index (χ2n) is 1.84. The first-order valence-corrected chi connectivity index (χ1v) is 4.28. The Kier molecular flexibility index (Phi) is 4.22. The molecule has 0 aliphatic heterocycles. The van der Waals surface area contributed by atoms with Gasteiger partial charge in [-0.15, -0.1) is 0 Å². The maximum absolute atomic E-state index is 10.1. The summed E-state index contributed by atoms with van der Waals surface area (Å²) < 4.78 is 32.2. The Bertz CT molecular complexity index is 309. The Labute approximate surface area is 69.9 Å². The lowest BCUT2D eigenvalue weighted by molar-refractivity contribution is 0.218. The van der Waals surface area contributed by atoms with Gasteiger partial charge in [-0.3, -0.25) is 4.55 Å². The molecule has 1 N–H and O–H groups in total. The number of hydrogen-bond acceptors (Lipinski definition) is 5. The van der Waals surface area contributed by atoms with Crippen LogP contribution in [0.4, 0.5) is 0 Å². The van der Waals surface area contributed by atoms with Crippen LogP contribution in [0, 0.1) is 22.7 Å². The summed E-state index contributed by atoms with van der Waals surface area (Å²) in [5.41, 5.74) is 0. The van der Waals surface area contributed by atoms with Gasteiger partial charge < -0.3 is 0 Å². The third kappa shape index (κ3) is 5.62. The van der Waals surface area contributed by atoms with Crippen molar-refractivity contribution in [2.75, 3.05) is 0 Å². The Morgan fingerprint density at radius 2 is 2.08 bits per heavy atom. The Hall–Kier alpha value is -1.15. The highest BCUT2D eigenvalue weighted by Crippen LogP contribution is 2.03. The van der Waals surface area contributed by atoms with E-state index in [0.717, 1.165) is 0 Å². The second-order valence-corrected chi connectivity index (χ2v) is 2.89. The molecule has 12 heavy (non-hydrogen) atoms. The molecule has 0 aromatic rings. The van der Waals surface area contributed by atoms with Crippen LogP contribution in [-0.4, -0.2) is 19.1 Å². The summed E-state index contributed by atoms with van der Waals surface area (Å²) in [4.78, 5) is 0. The molecule has 1 unspecified atom stereocenters. The van der Waals surface area contributed by atoms with Crippen molar-refractivity contribution in [1.82, 2.24) is 0 Å². The zero-order valence-electron chi connectivity index (χ0n) is 5.97. The lowest BCUT2D eigenvalue weighted by Crippen LogP contribution is -2.15. The normalized spacial score (nSPS) is 12.9. The van der Waals surface area contributed by atoms with Crippen LogP contribution in [-0.2, 0) is 14.6 Å². The van der Waals surface area contributed by atoms with Gasteiger partial charge in [-0.05, 0) is 0 Å². The summed E-state index contributed by atoms with van der Waals surface area (Å²) >= 11 is 0. The highest BCUT2D eigenvalue weighted by molar-refractivity contribution is 7.80. The maximum Gasteiger partial charge on any atom is 0.398 e. The summed E-state index contributed by atoms with van der Waals surface area (Å²) in [6.45, 7) is 0. The zero-order chi connectivity index (χ0) is 9.61. The lowest BCUT2D eigenvalue weighted by Gasteiger charge is -2.03. The summed E-state index contributed by atoms with van der Waals surface area (Å²) in [6, 6.07) is 3.19. The van der Waals surface area contributed by atoms with Crippen molar-refractivity contribution >= 4 is 10.4 Å². The molecule has 1 atom stereocenters. The van der Waals surface area contributed by atoms with Crippen molar-refractivity contribution in [2.24, 2.45) is 0 Å². The fourth-order valence-electron chi connectivity index (χ4n) is 0.477. The molecular formula is C5H6N2O4S. The number of hydrogen-bond donors (Lipinski definition) is 1. The summed E-state index contributed by atoms with van der Waals surface area (Å²) in [7, 11) is -4.60. The van der Waals surface area contributed by atoms with E-state index in [1.807, 2.05) is 0 Å². The van der Waals surface area contributed by atoms with Gasteiger partial charge in [0.2, 0.25) is 0 Å². The monoisotopic (exact) mass is 190 g/mol. The van der Waals surface area contributed by atoms with E-state index in [4.69, 9.17) is 15.1 Å².